The molecule has 0 aliphatic carbocycles. The van der Waals surface area contributed by atoms with Crippen molar-refractivity contribution in [3.63, 3.8) is 0 Å². The molecule has 1 aliphatic heterocycles. The predicted molar refractivity (Wildman–Crippen MR) is 78.9 cm³/mol. The minimum atomic E-state index is -3.05. The third kappa shape index (κ3) is 3.79. The minimum absolute atomic E-state index is 0.0334. The molecule has 1 aromatic carbocycles. The smallest absolute Gasteiger partial charge is 0.228 e. The van der Waals surface area contributed by atoms with Crippen LogP contribution in [0.5, 0.6) is 0 Å². The molecular weight excluding hydrogens is 330 g/mol. The van der Waals surface area contributed by atoms with E-state index in [4.69, 9.17) is 0 Å². The van der Waals surface area contributed by atoms with Gasteiger partial charge >= 0.3 is 0 Å². The first-order valence-corrected chi connectivity index (χ1v) is 8.76. The van der Waals surface area contributed by atoms with E-state index >= 15 is 0 Å². The molecule has 19 heavy (non-hydrogen) atoms. The van der Waals surface area contributed by atoms with Crippen LogP contribution in [0.1, 0.15) is 18.4 Å². The Kier molecular flexibility index (Phi) is 4.30. The second-order valence-electron chi connectivity index (χ2n) is 4.91. The summed E-state index contributed by atoms with van der Waals surface area (Å²) in [5.41, 5.74) is 1.72. The van der Waals surface area contributed by atoms with Gasteiger partial charge in [0.15, 0.2) is 9.84 Å². The molecule has 1 unspecified atom stereocenters. The number of sulfone groups is 1. The van der Waals surface area contributed by atoms with Gasteiger partial charge in [-0.3, -0.25) is 4.79 Å². The van der Waals surface area contributed by atoms with Gasteiger partial charge in [-0.1, -0.05) is 15.9 Å². The van der Waals surface area contributed by atoms with Crippen LogP contribution in [0.15, 0.2) is 22.7 Å². The predicted octanol–water partition coefficient (Wildman–Crippen LogP) is 2.52. The molecule has 0 radical (unpaired) electrons. The van der Waals surface area contributed by atoms with Gasteiger partial charge in [-0.25, -0.2) is 8.42 Å². The normalized spacial score (nSPS) is 21.9. The van der Waals surface area contributed by atoms with E-state index in [0.29, 0.717) is 18.5 Å². The lowest BCUT2D eigenvalue weighted by molar-refractivity contribution is -0.119. The second-order valence-corrected chi connectivity index (χ2v) is 7.99. The molecule has 1 amide bonds. The maximum Gasteiger partial charge on any atom is 0.228 e. The molecule has 1 fully saturated rings. The molecule has 104 valence electrons. The number of aryl methyl sites for hydroxylation is 1. The molecule has 1 aliphatic rings. The number of hydrogen-bond acceptors (Lipinski definition) is 3. The highest BCUT2D eigenvalue weighted by Gasteiger charge is 2.29. The number of carbonyl (C=O) groups excluding carboxylic acids is 1. The number of hydrogen-bond donors (Lipinski definition) is 1. The fourth-order valence-electron chi connectivity index (χ4n) is 2.20. The van der Waals surface area contributed by atoms with Gasteiger partial charge in [0.2, 0.25) is 5.91 Å². The minimum Gasteiger partial charge on any atom is -0.326 e. The van der Waals surface area contributed by atoms with E-state index in [1.165, 1.54) is 0 Å². The summed E-state index contributed by atoms with van der Waals surface area (Å²) in [6.45, 7) is 1.94. The molecule has 1 saturated heterocycles. The van der Waals surface area contributed by atoms with E-state index < -0.39 is 15.8 Å². The van der Waals surface area contributed by atoms with E-state index in [1.807, 2.05) is 19.1 Å². The first-order chi connectivity index (χ1) is 8.87. The highest BCUT2D eigenvalue weighted by atomic mass is 79.9. The van der Waals surface area contributed by atoms with Crippen LogP contribution < -0.4 is 5.32 Å². The second kappa shape index (κ2) is 5.63. The Hall–Kier alpha value is -0.880. The molecule has 0 aromatic heterocycles. The van der Waals surface area contributed by atoms with Crippen molar-refractivity contribution >= 4 is 37.4 Å². The quantitative estimate of drug-likeness (QED) is 0.895. The van der Waals surface area contributed by atoms with Gasteiger partial charge in [0.05, 0.1) is 17.4 Å². The average molecular weight is 346 g/mol. The van der Waals surface area contributed by atoms with Crippen LogP contribution in [0.25, 0.3) is 0 Å². The van der Waals surface area contributed by atoms with Crippen molar-refractivity contribution in [2.24, 2.45) is 5.92 Å². The van der Waals surface area contributed by atoms with Gasteiger partial charge in [-0.05, 0) is 43.5 Å². The zero-order chi connectivity index (χ0) is 14.0. The number of benzene rings is 1. The number of carbonyl (C=O) groups is 1. The van der Waals surface area contributed by atoms with Crippen molar-refractivity contribution in [2.45, 2.75) is 19.8 Å². The maximum absolute atomic E-state index is 12.1. The molecule has 0 saturated carbocycles. The molecular formula is C13H16BrNO3S. The maximum atomic E-state index is 12.1. The molecule has 4 nitrogen and oxygen atoms in total. The lowest BCUT2D eigenvalue weighted by Gasteiger charge is -2.21. The van der Waals surface area contributed by atoms with Gasteiger partial charge < -0.3 is 5.32 Å². The number of rotatable bonds is 2. The van der Waals surface area contributed by atoms with Crippen LogP contribution in [-0.2, 0) is 14.6 Å². The topological polar surface area (TPSA) is 63.2 Å². The monoisotopic (exact) mass is 345 g/mol. The van der Waals surface area contributed by atoms with E-state index in [2.05, 4.69) is 21.2 Å². The van der Waals surface area contributed by atoms with E-state index in [0.717, 1.165) is 10.0 Å². The molecule has 1 atom stereocenters. The Morgan fingerprint density at radius 2 is 2.16 bits per heavy atom. The van der Waals surface area contributed by atoms with Crippen molar-refractivity contribution in [1.82, 2.24) is 0 Å². The van der Waals surface area contributed by atoms with Crippen LogP contribution in [0.4, 0.5) is 5.69 Å². The van der Waals surface area contributed by atoms with E-state index in [-0.39, 0.29) is 17.4 Å². The highest BCUT2D eigenvalue weighted by molar-refractivity contribution is 9.10. The van der Waals surface area contributed by atoms with Gasteiger partial charge in [0, 0.05) is 10.2 Å². The van der Waals surface area contributed by atoms with Crippen molar-refractivity contribution in [3.05, 3.63) is 28.2 Å². The summed E-state index contributed by atoms with van der Waals surface area (Å²) in [4.78, 5) is 12.1. The first kappa shape index (κ1) is 14.5. The Labute approximate surface area is 121 Å². The van der Waals surface area contributed by atoms with Crippen LogP contribution >= 0.6 is 15.9 Å². The van der Waals surface area contributed by atoms with Crippen LogP contribution in [0.2, 0.25) is 0 Å². The van der Waals surface area contributed by atoms with Crippen molar-refractivity contribution in [1.29, 1.82) is 0 Å². The SMILES string of the molecule is Cc1cc(NC(=O)C2CCCS(=O)(=O)C2)ccc1Br. The number of halogens is 1. The number of amides is 1. The first-order valence-electron chi connectivity index (χ1n) is 6.15. The van der Waals surface area contributed by atoms with Gasteiger partial charge in [0.25, 0.3) is 0 Å². The summed E-state index contributed by atoms with van der Waals surface area (Å²) in [5.74, 6) is -0.463. The molecule has 6 heteroatoms. The van der Waals surface area contributed by atoms with Crippen molar-refractivity contribution < 1.29 is 13.2 Å². The van der Waals surface area contributed by atoms with Crippen LogP contribution in [0, 0.1) is 12.8 Å². The van der Waals surface area contributed by atoms with E-state index in [9.17, 15) is 13.2 Å². The number of nitrogens with one attached hydrogen (secondary N) is 1. The Balaban J connectivity index is 2.06. The molecule has 0 spiro atoms. The third-order valence-corrected chi connectivity index (χ3v) is 5.97. The molecule has 2 rings (SSSR count). The van der Waals surface area contributed by atoms with Crippen molar-refractivity contribution in [3.8, 4) is 0 Å². The lowest BCUT2D eigenvalue weighted by atomic mass is 10.0. The summed E-state index contributed by atoms with van der Waals surface area (Å²) in [6, 6.07) is 5.52. The van der Waals surface area contributed by atoms with Crippen LogP contribution in [-0.4, -0.2) is 25.8 Å². The Morgan fingerprint density at radius 3 is 2.79 bits per heavy atom. The fraction of sp³-hybridized carbons (Fsp3) is 0.462. The van der Waals surface area contributed by atoms with Gasteiger partial charge in [-0.2, -0.15) is 0 Å². The summed E-state index contributed by atoms with van der Waals surface area (Å²) in [5, 5.41) is 2.79. The fourth-order valence-corrected chi connectivity index (χ4v) is 4.15. The average Bonchev–Trinajstić information content (AvgIpc) is 2.32. The van der Waals surface area contributed by atoms with Gasteiger partial charge in [-0.15, -0.1) is 0 Å². The molecule has 0 bridgehead atoms. The van der Waals surface area contributed by atoms with E-state index in [1.54, 1.807) is 6.07 Å². The zero-order valence-electron chi connectivity index (χ0n) is 10.6. The summed E-state index contributed by atoms with van der Waals surface area (Å²) < 4.78 is 24.0. The Bertz CT molecular complexity index is 598. The summed E-state index contributed by atoms with van der Waals surface area (Å²) in [6.07, 6.45) is 1.21. The highest BCUT2D eigenvalue weighted by Crippen LogP contribution is 2.23. The largest absolute Gasteiger partial charge is 0.326 e. The third-order valence-electron chi connectivity index (χ3n) is 3.26. The van der Waals surface area contributed by atoms with Gasteiger partial charge in [0.1, 0.15) is 0 Å². The summed E-state index contributed by atoms with van der Waals surface area (Å²) in [7, 11) is -3.05. The standard InChI is InChI=1S/C13H16BrNO3S/c1-9-7-11(4-5-12(9)14)15-13(16)10-3-2-6-19(17,18)8-10/h4-5,7,10H,2-3,6,8H2,1H3,(H,15,16). The molecule has 1 aromatic rings. The lowest BCUT2D eigenvalue weighted by Crippen LogP contribution is -2.34. The molecule has 1 N–H and O–H groups in total. The zero-order valence-corrected chi connectivity index (χ0v) is 13.1. The summed E-state index contributed by atoms with van der Waals surface area (Å²) >= 11 is 3.40. The van der Waals surface area contributed by atoms with Crippen molar-refractivity contribution in [2.75, 3.05) is 16.8 Å². The number of anilines is 1. The van der Waals surface area contributed by atoms with Crippen LogP contribution in [0.3, 0.4) is 0 Å². The molecule has 1 heterocycles. The Morgan fingerprint density at radius 1 is 1.42 bits per heavy atom.